The number of carbonyl (C=O) groups excluding carboxylic acids is 1. The maximum absolute atomic E-state index is 13.4. The Balaban J connectivity index is 1.33. The fraction of sp³-hybridized carbons (Fsp3) is 0.606. The van der Waals surface area contributed by atoms with E-state index < -0.39 is 10.0 Å². The second kappa shape index (κ2) is 9.50. The Bertz CT molecular complexity index is 1420. The van der Waals surface area contributed by atoms with Gasteiger partial charge in [-0.2, -0.15) is 0 Å². The van der Waals surface area contributed by atoms with Crippen molar-refractivity contribution in [3.63, 3.8) is 0 Å². The number of sulfonamides is 1. The van der Waals surface area contributed by atoms with Gasteiger partial charge in [0.2, 0.25) is 5.91 Å². The van der Waals surface area contributed by atoms with Gasteiger partial charge in [-0.25, -0.2) is 8.42 Å². The highest BCUT2D eigenvalue weighted by atomic mass is 32.2. The normalized spacial score (nSPS) is 37.4. The smallest absolute Gasteiger partial charge is 0.261 e. The molecule has 4 fully saturated rings. The number of nitrogens with one attached hydrogen (secondary N) is 1. The van der Waals surface area contributed by atoms with Crippen molar-refractivity contribution in [3.8, 4) is 5.75 Å². The van der Waals surface area contributed by atoms with E-state index in [1.807, 2.05) is 26.1 Å². The molecule has 3 saturated carbocycles. The fourth-order valence-corrected chi connectivity index (χ4v) is 10.9. The third kappa shape index (κ3) is 4.17. The molecular weight excluding hydrogens is 520 g/mol. The summed E-state index contributed by atoms with van der Waals surface area (Å²) in [4.78, 5) is 14.9. The number of piperidine rings is 1. The van der Waals surface area contributed by atoms with Gasteiger partial charge in [-0.3, -0.25) is 9.52 Å². The van der Waals surface area contributed by atoms with Gasteiger partial charge < -0.3 is 10.0 Å². The van der Waals surface area contributed by atoms with E-state index in [2.05, 4.69) is 30.4 Å². The highest BCUT2D eigenvalue weighted by Crippen LogP contribution is 2.69. The van der Waals surface area contributed by atoms with Crippen molar-refractivity contribution >= 4 is 21.6 Å². The number of phenols is 1. The molecule has 2 N–H and O–H groups in total. The van der Waals surface area contributed by atoms with Crippen LogP contribution in [0.5, 0.6) is 5.75 Å². The van der Waals surface area contributed by atoms with Gasteiger partial charge in [0, 0.05) is 19.5 Å². The maximum atomic E-state index is 13.4. The van der Waals surface area contributed by atoms with Crippen LogP contribution in [-0.2, 0) is 14.8 Å². The number of nitrogens with zero attached hydrogens (tertiary/aromatic N) is 1. The Hall–Kier alpha value is -2.54. The number of aryl methyl sites for hydroxylation is 1. The minimum Gasteiger partial charge on any atom is -0.508 e. The summed E-state index contributed by atoms with van der Waals surface area (Å²) in [5, 5.41) is 10.6. The van der Waals surface area contributed by atoms with Crippen molar-refractivity contribution in [1.82, 2.24) is 4.90 Å². The SMILES string of the molecule is Cc1ccc(S(=O)(=O)Nc2ccc(O)cc2C2CC[C@H]3[C@@H]4C(C)CC5N(C)C(=O)CC[C@]5(C)[C@@H]4CC[C@]23C)cc1. The molecule has 1 aliphatic heterocycles. The number of likely N-dealkylation sites (tertiary alicyclic amines) is 1. The molecule has 4 aliphatic rings. The summed E-state index contributed by atoms with van der Waals surface area (Å²) >= 11 is 0. The predicted molar refractivity (Wildman–Crippen MR) is 158 cm³/mol. The molecule has 2 aromatic carbocycles. The van der Waals surface area contributed by atoms with Crippen molar-refractivity contribution in [2.24, 2.45) is 34.5 Å². The maximum Gasteiger partial charge on any atom is 0.261 e. The molecule has 0 aromatic heterocycles. The number of fused-ring (bicyclic) bond motifs is 5. The number of hydrogen-bond donors (Lipinski definition) is 2. The Labute approximate surface area is 239 Å². The third-order valence-electron chi connectivity index (χ3n) is 11.9. The van der Waals surface area contributed by atoms with E-state index in [4.69, 9.17) is 0 Å². The molecule has 2 aromatic rings. The lowest BCUT2D eigenvalue weighted by Gasteiger charge is -2.63. The molecule has 8 atom stereocenters. The Morgan fingerprint density at radius 1 is 0.975 bits per heavy atom. The molecular formula is C33H44N2O4S. The highest BCUT2D eigenvalue weighted by Gasteiger charge is 2.63. The minimum absolute atomic E-state index is 0.0207. The molecule has 0 radical (unpaired) electrons. The Morgan fingerprint density at radius 3 is 2.40 bits per heavy atom. The van der Waals surface area contributed by atoms with E-state index in [0.717, 1.165) is 49.7 Å². The number of aromatic hydroxyl groups is 1. The molecule has 1 amide bonds. The summed E-state index contributed by atoms with van der Waals surface area (Å²) in [7, 11) is -1.76. The lowest BCUT2D eigenvalue weighted by Crippen LogP contribution is -2.63. The first-order chi connectivity index (χ1) is 18.8. The molecule has 7 heteroatoms. The van der Waals surface area contributed by atoms with Crippen LogP contribution in [-0.4, -0.2) is 37.4 Å². The van der Waals surface area contributed by atoms with Gasteiger partial charge in [-0.05, 0) is 122 Å². The summed E-state index contributed by atoms with van der Waals surface area (Å²) in [6, 6.07) is 12.3. The topological polar surface area (TPSA) is 86.7 Å². The Kier molecular flexibility index (Phi) is 6.56. The van der Waals surface area contributed by atoms with Crippen LogP contribution in [0, 0.1) is 41.4 Å². The molecule has 6 rings (SSSR count). The van der Waals surface area contributed by atoms with Gasteiger partial charge >= 0.3 is 0 Å². The minimum atomic E-state index is -3.77. The first-order valence-electron chi connectivity index (χ1n) is 15.0. The molecule has 40 heavy (non-hydrogen) atoms. The van der Waals surface area contributed by atoms with Gasteiger partial charge in [0.15, 0.2) is 0 Å². The number of hydrogen-bond acceptors (Lipinski definition) is 4. The Morgan fingerprint density at radius 2 is 1.68 bits per heavy atom. The molecule has 216 valence electrons. The molecule has 1 saturated heterocycles. The van der Waals surface area contributed by atoms with E-state index in [0.29, 0.717) is 47.7 Å². The summed E-state index contributed by atoms with van der Waals surface area (Å²) in [6.45, 7) is 9.21. The van der Waals surface area contributed by atoms with E-state index in [1.165, 1.54) is 0 Å². The van der Waals surface area contributed by atoms with Gasteiger partial charge in [-0.15, -0.1) is 0 Å². The van der Waals surface area contributed by atoms with E-state index in [1.54, 1.807) is 30.3 Å². The van der Waals surface area contributed by atoms with Crippen LogP contribution in [0.1, 0.15) is 82.8 Å². The zero-order valence-corrected chi connectivity index (χ0v) is 25.3. The molecule has 3 unspecified atom stereocenters. The average molecular weight is 565 g/mol. The van der Waals surface area contributed by atoms with E-state index >= 15 is 0 Å². The van der Waals surface area contributed by atoms with E-state index in [9.17, 15) is 18.3 Å². The lowest BCUT2D eigenvalue weighted by molar-refractivity contribution is -0.165. The molecule has 3 aliphatic carbocycles. The number of rotatable bonds is 4. The van der Waals surface area contributed by atoms with Crippen LogP contribution in [0.2, 0.25) is 0 Å². The van der Waals surface area contributed by atoms with Crippen molar-refractivity contribution in [2.45, 2.75) is 89.5 Å². The van der Waals surface area contributed by atoms with Gasteiger partial charge in [0.1, 0.15) is 5.75 Å². The first-order valence-corrected chi connectivity index (χ1v) is 16.5. The lowest BCUT2D eigenvalue weighted by atomic mass is 9.44. The largest absolute Gasteiger partial charge is 0.508 e. The second-order valence-electron chi connectivity index (χ2n) is 13.9. The van der Waals surface area contributed by atoms with E-state index in [-0.39, 0.29) is 27.4 Å². The van der Waals surface area contributed by atoms with Crippen molar-refractivity contribution in [3.05, 3.63) is 53.6 Å². The number of amides is 1. The number of benzene rings is 2. The van der Waals surface area contributed by atoms with Crippen LogP contribution < -0.4 is 4.72 Å². The summed E-state index contributed by atoms with van der Waals surface area (Å²) < 4.78 is 29.6. The van der Waals surface area contributed by atoms with Crippen LogP contribution in [0.25, 0.3) is 0 Å². The fourth-order valence-electron chi connectivity index (χ4n) is 9.83. The van der Waals surface area contributed by atoms with Crippen LogP contribution in [0.15, 0.2) is 47.4 Å². The summed E-state index contributed by atoms with van der Waals surface area (Å²) in [6.07, 6.45) is 7.01. The first kappa shape index (κ1) is 27.6. The number of anilines is 1. The second-order valence-corrected chi connectivity index (χ2v) is 15.6. The van der Waals surface area contributed by atoms with Gasteiger partial charge in [-0.1, -0.05) is 38.5 Å². The quantitative estimate of drug-likeness (QED) is 0.405. The third-order valence-corrected chi connectivity index (χ3v) is 13.3. The monoisotopic (exact) mass is 564 g/mol. The number of phenolic OH excluding ortho intramolecular Hbond substituents is 1. The molecule has 1 heterocycles. The highest BCUT2D eigenvalue weighted by molar-refractivity contribution is 7.92. The van der Waals surface area contributed by atoms with Gasteiger partial charge in [0.25, 0.3) is 10.0 Å². The summed E-state index contributed by atoms with van der Waals surface area (Å²) in [5.74, 6) is 2.88. The number of carbonyl (C=O) groups is 1. The zero-order valence-electron chi connectivity index (χ0n) is 24.5. The summed E-state index contributed by atoms with van der Waals surface area (Å²) in [5.41, 5.74) is 2.66. The van der Waals surface area contributed by atoms with Gasteiger partial charge in [0.05, 0.1) is 10.6 Å². The van der Waals surface area contributed by atoms with Crippen molar-refractivity contribution < 1.29 is 18.3 Å². The molecule has 0 spiro atoms. The predicted octanol–water partition coefficient (Wildman–Crippen LogP) is 6.69. The standard InChI is InChI=1S/C33H44N2O4S/c1-20-6-9-23(10-7-20)40(38,39)34-28-13-8-22(36)19-24(28)25-11-12-26-31-21(2)18-29-33(4,17-15-30(37)35(29)5)27(31)14-16-32(25,26)3/h6-10,13,19,21,25-27,29,31,34,36H,11-12,14-18H2,1-5H3/t21?,25?,26-,27+,29?,31-,32+,33+/m0/s1. The van der Waals surface area contributed by atoms with Crippen molar-refractivity contribution in [1.29, 1.82) is 0 Å². The van der Waals surface area contributed by atoms with Crippen LogP contribution >= 0.6 is 0 Å². The van der Waals surface area contributed by atoms with Crippen LogP contribution in [0.3, 0.4) is 0 Å². The van der Waals surface area contributed by atoms with Crippen molar-refractivity contribution in [2.75, 3.05) is 11.8 Å². The van der Waals surface area contributed by atoms with Crippen LogP contribution in [0.4, 0.5) is 5.69 Å². The average Bonchev–Trinajstić information content (AvgIpc) is 3.26. The molecule has 6 nitrogen and oxygen atoms in total. The zero-order chi connectivity index (χ0) is 28.6. The molecule has 0 bridgehead atoms.